The van der Waals surface area contributed by atoms with Gasteiger partial charge in [0, 0.05) is 12.8 Å². The van der Waals surface area contributed by atoms with Crippen molar-refractivity contribution in [1.29, 1.82) is 0 Å². The third kappa shape index (κ3) is 6.74. The number of amides is 1. The monoisotopic (exact) mass is 284 g/mol. The normalized spacial score (nSPS) is 16.2. The van der Waals surface area contributed by atoms with Crippen molar-refractivity contribution in [2.45, 2.75) is 90.9 Å². The lowest BCUT2D eigenvalue weighted by molar-refractivity contribution is -0.895. The highest BCUT2D eigenvalue weighted by molar-refractivity contribution is 5.66. The maximum absolute atomic E-state index is 11.5. The summed E-state index contributed by atoms with van der Waals surface area (Å²) in [6, 6.07) is 0. The lowest BCUT2D eigenvalue weighted by Gasteiger charge is -2.08. The maximum Gasteiger partial charge on any atom is 0.609 e. The van der Waals surface area contributed by atoms with E-state index in [9.17, 15) is 4.79 Å². The molecule has 1 aliphatic rings. The molecule has 3 heteroatoms. The smallest absolute Gasteiger partial charge is 0.201 e. The molecule has 0 aliphatic carbocycles. The van der Waals surface area contributed by atoms with Gasteiger partial charge in [0.1, 0.15) is 13.1 Å². The standard InChI is InChI=1S/C17H34NO2/c1-3-5-7-9-11-13-15-18(17(19)20-18)16-14-12-10-8-6-4-2/h3-16H2,1-2H3/q+1. The minimum Gasteiger partial charge on any atom is -0.201 e. The minimum absolute atomic E-state index is 0.00659. The summed E-state index contributed by atoms with van der Waals surface area (Å²) in [6.45, 7) is 6.28. The number of unbranched alkanes of at least 4 members (excludes halogenated alkanes) is 10. The molecule has 118 valence electrons. The van der Waals surface area contributed by atoms with Crippen LogP contribution < -0.4 is 0 Å². The van der Waals surface area contributed by atoms with E-state index in [0.717, 1.165) is 25.9 Å². The Morgan fingerprint density at radius 1 is 0.700 bits per heavy atom. The van der Waals surface area contributed by atoms with Gasteiger partial charge in [-0.3, -0.25) is 0 Å². The zero-order chi connectivity index (χ0) is 14.7. The van der Waals surface area contributed by atoms with Gasteiger partial charge in [0.2, 0.25) is 0 Å². The lowest BCUT2D eigenvalue weighted by Crippen LogP contribution is -2.29. The maximum atomic E-state index is 11.5. The molecule has 0 unspecified atom stereocenters. The van der Waals surface area contributed by atoms with Gasteiger partial charge in [0.05, 0.1) is 0 Å². The van der Waals surface area contributed by atoms with E-state index in [1.165, 1.54) is 64.2 Å². The first-order valence-corrected chi connectivity index (χ1v) is 8.86. The molecule has 1 saturated heterocycles. The van der Waals surface area contributed by atoms with Gasteiger partial charge >= 0.3 is 6.09 Å². The van der Waals surface area contributed by atoms with Crippen molar-refractivity contribution in [3.63, 3.8) is 0 Å². The molecule has 1 heterocycles. The van der Waals surface area contributed by atoms with E-state index in [-0.39, 0.29) is 6.09 Å². The van der Waals surface area contributed by atoms with Crippen molar-refractivity contribution in [3.8, 4) is 0 Å². The minimum atomic E-state index is 0.00659. The number of rotatable bonds is 14. The van der Waals surface area contributed by atoms with E-state index >= 15 is 0 Å². The van der Waals surface area contributed by atoms with Crippen molar-refractivity contribution < 1.29 is 14.3 Å². The Morgan fingerprint density at radius 3 is 1.40 bits per heavy atom. The Morgan fingerprint density at radius 2 is 1.05 bits per heavy atom. The van der Waals surface area contributed by atoms with Crippen LogP contribution in [0, 0.1) is 0 Å². The van der Waals surface area contributed by atoms with Crippen molar-refractivity contribution in [2.24, 2.45) is 0 Å². The Hall–Kier alpha value is -0.570. The molecular weight excluding hydrogens is 250 g/mol. The van der Waals surface area contributed by atoms with E-state index in [1.807, 2.05) is 0 Å². The van der Waals surface area contributed by atoms with Gasteiger partial charge in [-0.2, -0.15) is 4.79 Å². The van der Waals surface area contributed by atoms with E-state index in [4.69, 9.17) is 4.84 Å². The fourth-order valence-electron chi connectivity index (χ4n) is 2.81. The molecule has 1 rings (SSSR count). The second-order valence-electron chi connectivity index (χ2n) is 6.23. The van der Waals surface area contributed by atoms with E-state index in [0.29, 0.717) is 4.65 Å². The van der Waals surface area contributed by atoms with Gasteiger partial charge in [-0.15, -0.1) is 0 Å². The molecule has 0 saturated carbocycles. The number of nitrogens with zero attached hydrogens (tertiary/aromatic N) is 1. The number of hydroxylamine groups is 3. The van der Waals surface area contributed by atoms with Crippen LogP contribution in [-0.2, 0) is 4.84 Å². The summed E-state index contributed by atoms with van der Waals surface area (Å²) >= 11 is 0. The molecule has 3 nitrogen and oxygen atoms in total. The molecule has 1 amide bonds. The van der Waals surface area contributed by atoms with Crippen molar-refractivity contribution in [2.75, 3.05) is 13.1 Å². The van der Waals surface area contributed by atoms with Crippen LogP contribution in [0.1, 0.15) is 90.9 Å². The third-order valence-electron chi connectivity index (χ3n) is 4.30. The summed E-state index contributed by atoms with van der Waals surface area (Å²) in [7, 11) is 0. The van der Waals surface area contributed by atoms with Crippen LogP contribution in [-0.4, -0.2) is 23.8 Å². The van der Waals surface area contributed by atoms with Crippen molar-refractivity contribution >= 4 is 6.09 Å². The highest BCUT2D eigenvalue weighted by atomic mass is 16.9. The van der Waals surface area contributed by atoms with Crippen LogP contribution in [0.15, 0.2) is 0 Å². The van der Waals surface area contributed by atoms with E-state index < -0.39 is 0 Å². The first kappa shape index (κ1) is 17.5. The molecule has 1 fully saturated rings. The van der Waals surface area contributed by atoms with Crippen LogP contribution in [0.3, 0.4) is 0 Å². The molecular formula is C17H34NO2+. The van der Waals surface area contributed by atoms with Gasteiger partial charge in [0.25, 0.3) is 0 Å². The fraction of sp³-hybridized carbons (Fsp3) is 0.941. The Bertz CT molecular complexity index is 250. The number of carbonyl (C=O) groups is 1. The topological polar surface area (TPSA) is 29.6 Å². The molecule has 0 spiro atoms. The van der Waals surface area contributed by atoms with Gasteiger partial charge in [-0.05, 0) is 17.5 Å². The molecule has 0 N–H and O–H groups in total. The average Bonchev–Trinajstić information content (AvgIpc) is 3.08. The van der Waals surface area contributed by atoms with Crippen LogP contribution in [0.2, 0.25) is 0 Å². The fourth-order valence-corrected chi connectivity index (χ4v) is 2.81. The summed E-state index contributed by atoms with van der Waals surface area (Å²) in [5, 5.41) is 0. The summed E-state index contributed by atoms with van der Waals surface area (Å²) in [6.07, 6.45) is 15.3. The molecule has 1 aliphatic heterocycles. The molecule has 20 heavy (non-hydrogen) atoms. The van der Waals surface area contributed by atoms with Crippen LogP contribution >= 0.6 is 0 Å². The highest BCUT2D eigenvalue weighted by Crippen LogP contribution is 2.29. The third-order valence-corrected chi connectivity index (χ3v) is 4.30. The lowest BCUT2D eigenvalue weighted by atomic mass is 10.1. The molecule has 0 aromatic carbocycles. The van der Waals surface area contributed by atoms with Crippen LogP contribution in [0.25, 0.3) is 0 Å². The number of hydrogen-bond donors (Lipinski definition) is 0. The summed E-state index contributed by atoms with van der Waals surface area (Å²) in [5.74, 6) is 0. The quantitative estimate of drug-likeness (QED) is 0.236. The summed E-state index contributed by atoms with van der Waals surface area (Å²) < 4.78 is 0.335. The summed E-state index contributed by atoms with van der Waals surface area (Å²) in [5.41, 5.74) is 0. The van der Waals surface area contributed by atoms with Gasteiger partial charge in [-0.25, -0.2) is 4.84 Å². The predicted molar refractivity (Wildman–Crippen MR) is 83.2 cm³/mol. The van der Waals surface area contributed by atoms with Gasteiger partial charge < -0.3 is 0 Å². The van der Waals surface area contributed by atoms with E-state index in [2.05, 4.69) is 13.8 Å². The highest BCUT2D eigenvalue weighted by Gasteiger charge is 2.60. The first-order chi connectivity index (χ1) is 9.75. The Labute approximate surface area is 125 Å². The Kier molecular flexibility index (Phi) is 8.92. The van der Waals surface area contributed by atoms with Gasteiger partial charge in [-0.1, -0.05) is 65.2 Å². The molecule has 0 atom stereocenters. The number of hydrogen-bond acceptors (Lipinski definition) is 2. The van der Waals surface area contributed by atoms with Gasteiger partial charge in [0.15, 0.2) is 0 Å². The van der Waals surface area contributed by atoms with E-state index in [1.54, 1.807) is 0 Å². The summed E-state index contributed by atoms with van der Waals surface area (Å²) in [4.78, 5) is 16.7. The second kappa shape index (κ2) is 10.2. The number of carbonyl (C=O) groups excluding carboxylic acids is 1. The zero-order valence-corrected chi connectivity index (χ0v) is 13.7. The second-order valence-corrected chi connectivity index (χ2v) is 6.23. The molecule has 0 bridgehead atoms. The zero-order valence-electron chi connectivity index (χ0n) is 13.7. The molecule has 0 radical (unpaired) electrons. The largest absolute Gasteiger partial charge is 0.609 e. The Balaban J connectivity index is 2.01. The van der Waals surface area contributed by atoms with Crippen LogP contribution in [0.5, 0.6) is 0 Å². The van der Waals surface area contributed by atoms with Crippen molar-refractivity contribution in [3.05, 3.63) is 0 Å². The first-order valence-electron chi connectivity index (χ1n) is 8.86. The predicted octanol–water partition coefficient (Wildman–Crippen LogP) is 5.59. The average molecular weight is 284 g/mol. The van der Waals surface area contributed by atoms with Crippen LogP contribution in [0.4, 0.5) is 4.79 Å². The molecule has 0 aromatic rings. The van der Waals surface area contributed by atoms with Crippen molar-refractivity contribution in [1.82, 2.24) is 0 Å². The number of quaternary nitrogens is 1. The SMILES string of the molecule is CCCCCCCC[N+]1(CCCCCCCC)OC1=O. The molecule has 0 aromatic heterocycles.